The van der Waals surface area contributed by atoms with E-state index in [0.717, 1.165) is 0 Å². The molecule has 2 saturated heterocycles. The molecule has 3 atom stereocenters. The van der Waals surface area contributed by atoms with Crippen LogP contribution in [0, 0.1) is 11.8 Å². The van der Waals surface area contributed by atoms with Gasteiger partial charge >= 0.3 is 6.18 Å². The van der Waals surface area contributed by atoms with E-state index in [0.29, 0.717) is 24.4 Å². The average Bonchev–Trinajstić information content (AvgIpc) is 2.94. The van der Waals surface area contributed by atoms with Gasteiger partial charge in [-0.25, -0.2) is 0 Å². The van der Waals surface area contributed by atoms with Crippen LogP contribution >= 0.6 is 0 Å². The van der Waals surface area contributed by atoms with Crippen LogP contribution in [0.25, 0.3) is 0 Å². The van der Waals surface area contributed by atoms with E-state index in [4.69, 9.17) is 0 Å². The van der Waals surface area contributed by atoms with Crippen molar-refractivity contribution >= 4 is 11.8 Å². The van der Waals surface area contributed by atoms with E-state index in [9.17, 15) is 27.9 Å². The van der Waals surface area contributed by atoms with Gasteiger partial charge < -0.3 is 14.9 Å². The minimum absolute atomic E-state index is 0.00247. The van der Waals surface area contributed by atoms with Crippen LogP contribution in [-0.4, -0.2) is 65.2 Å². The molecule has 2 heterocycles. The van der Waals surface area contributed by atoms with Crippen molar-refractivity contribution in [3.05, 3.63) is 0 Å². The lowest BCUT2D eigenvalue weighted by Gasteiger charge is -2.22. The standard InChI is InChI=1S/C13H19F3N2O3/c1-8(19)9-2-3-17(5-9)12(21)10-4-11(20)18(6-10)7-13(14,15)16/h8-10,19H,2-7H2,1H3. The topological polar surface area (TPSA) is 60.9 Å². The van der Waals surface area contributed by atoms with Gasteiger partial charge in [0.25, 0.3) is 0 Å². The molecule has 0 aromatic heterocycles. The lowest BCUT2D eigenvalue weighted by Crippen LogP contribution is -2.38. The molecule has 1 N–H and O–H groups in total. The normalized spacial score (nSPS) is 28.3. The summed E-state index contributed by atoms with van der Waals surface area (Å²) in [5.41, 5.74) is 0. The van der Waals surface area contributed by atoms with Crippen LogP contribution in [-0.2, 0) is 9.59 Å². The Morgan fingerprint density at radius 2 is 2.10 bits per heavy atom. The molecule has 0 aliphatic carbocycles. The van der Waals surface area contributed by atoms with Crippen molar-refractivity contribution in [3.63, 3.8) is 0 Å². The largest absolute Gasteiger partial charge is 0.406 e. The lowest BCUT2D eigenvalue weighted by atomic mass is 10.0. The fourth-order valence-corrected chi connectivity index (χ4v) is 2.95. The molecule has 0 spiro atoms. The smallest absolute Gasteiger partial charge is 0.393 e. The van der Waals surface area contributed by atoms with Gasteiger partial charge in [-0.3, -0.25) is 9.59 Å². The lowest BCUT2D eigenvalue weighted by molar-refractivity contribution is -0.157. The maximum Gasteiger partial charge on any atom is 0.406 e. The molecule has 2 amide bonds. The molecular weight excluding hydrogens is 289 g/mol. The summed E-state index contributed by atoms with van der Waals surface area (Å²) >= 11 is 0. The Hall–Kier alpha value is -1.31. The number of aliphatic hydroxyl groups is 1. The van der Waals surface area contributed by atoms with E-state index in [1.165, 1.54) is 0 Å². The molecule has 2 aliphatic heterocycles. The van der Waals surface area contributed by atoms with Gasteiger partial charge in [0.1, 0.15) is 6.54 Å². The van der Waals surface area contributed by atoms with Gasteiger partial charge in [-0.15, -0.1) is 0 Å². The number of rotatable bonds is 3. The molecule has 120 valence electrons. The number of nitrogens with zero attached hydrogens (tertiary/aromatic N) is 2. The highest BCUT2D eigenvalue weighted by Crippen LogP contribution is 2.27. The third kappa shape index (κ3) is 3.87. The van der Waals surface area contributed by atoms with Gasteiger partial charge in [0.2, 0.25) is 11.8 Å². The Kier molecular flexibility index (Phi) is 4.46. The third-order valence-electron chi connectivity index (χ3n) is 4.15. The summed E-state index contributed by atoms with van der Waals surface area (Å²) in [6.07, 6.45) is -4.45. The summed E-state index contributed by atoms with van der Waals surface area (Å²) in [7, 11) is 0. The first-order chi connectivity index (χ1) is 9.67. The molecular formula is C13H19F3N2O3. The van der Waals surface area contributed by atoms with E-state index in [-0.39, 0.29) is 24.8 Å². The average molecular weight is 308 g/mol. The van der Waals surface area contributed by atoms with Crippen LogP contribution in [0.3, 0.4) is 0 Å². The van der Waals surface area contributed by atoms with E-state index in [2.05, 4.69) is 0 Å². The van der Waals surface area contributed by atoms with Crippen molar-refractivity contribution < 1.29 is 27.9 Å². The van der Waals surface area contributed by atoms with Gasteiger partial charge in [-0.2, -0.15) is 13.2 Å². The maximum absolute atomic E-state index is 12.3. The molecule has 2 rings (SSSR count). The van der Waals surface area contributed by atoms with Crippen molar-refractivity contribution in [1.82, 2.24) is 9.80 Å². The zero-order valence-corrected chi connectivity index (χ0v) is 11.8. The molecule has 0 aromatic carbocycles. The zero-order valence-electron chi connectivity index (χ0n) is 11.8. The SMILES string of the molecule is CC(O)C1CCN(C(=O)C2CC(=O)N(CC(F)(F)F)C2)C1. The first kappa shape index (κ1) is 16.1. The molecule has 21 heavy (non-hydrogen) atoms. The van der Waals surface area contributed by atoms with Crippen LogP contribution in [0.5, 0.6) is 0 Å². The second-order valence-corrected chi connectivity index (χ2v) is 5.86. The summed E-state index contributed by atoms with van der Waals surface area (Å²) in [5, 5.41) is 9.50. The Bertz CT molecular complexity index is 425. The number of alkyl halides is 3. The predicted molar refractivity (Wildman–Crippen MR) is 67.1 cm³/mol. The van der Waals surface area contributed by atoms with Crippen LogP contribution in [0.4, 0.5) is 13.2 Å². The minimum atomic E-state index is -4.45. The van der Waals surface area contributed by atoms with Crippen molar-refractivity contribution in [2.24, 2.45) is 11.8 Å². The summed E-state index contributed by atoms with van der Waals surface area (Å²) in [5.74, 6) is -1.61. The second-order valence-electron chi connectivity index (χ2n) is 5.86. The van der Waals surface area contributed by atoms with E-state index < -0.39 is 30.7 Å². The molecule has 0 aromatic rings. The van der Waals surface area contributed by atoms with Gasteiger partial charge in [0, 0.05) is 32.0 Å². The summed E-state index contributed by atoms with van der Waals surface area (Å²) in [6.45, 7) is 1.07. The summed E-state index contributed by atoms with van der Waals surface area (Å²) in [4.78, 5) is 26.1. The molecule has 2 fully saturated rings. The molecule has 0 radical (unpaired) electrons. The third-order valence-corrected chi connectivity index (χ3v) is 4.15. The Morgan fingerprint density at radius 3 is 2.62 bits per heavy atom. The summed E-state index contributed by atoms with van der Waals surface area (Å²) < 4.78 is 37.0. The van der Waals surface area contributed by atoms with Crippen LogP contribution in [0.2, 0.25) is 0 Å². The number of carbonyl (C=O) groups excluding carboxylic acids is 2. The Balaban J connectivity index is 1.92. The van der Waals surface area contributed by atoms with Crippen molar-refractivity contribution in [2.45, 2.75) is 32.0 Å². The zero-order chi connectivity index (χ0) is 15.8. The number of hydrogen-bond acceptors (Lipinski definition) is 3. The van der Waals surface area contributed by atoms with Crippen molar-refractivity contribution in [3.8, 4) is 0 Å². The van der Waals surface area contributed by atoms with Gasteiger partial charge in [-0.05, 0) is 13.3 Å². The molecule has 3 unspecified atom stereocenters. The van der Waals surface area contributed by atoms with Crippen LogP contribution in [0.1, 0.15) is 19.8 Å². The minimum Gasteiger partial charge on any atom is -0.393 e. The number of likely N-dealkylation sites (tertiary alicyclic amines) is 2. The Morgan fingerprint density at radius 1 is 1.43 bits per heavy atom. The second kappa shape index (κ2) is 5.82. The highest BCUT2D eigenvalue weighted by atomic mass is 19.4. The highest BCUT2D eigenvalue weighted by Gasteiger charge is 2.42. The number of amides is 2. The highest BCUT2D eigenvalue weighted by molar-refractivity contribution is 5.89. The van der Waals surface area contributed by atoms with Crippen LogP contribution in [0.15, 0.2) is 0 Å². The van der Waals surface area contributed by atoms with Gasteiger partial charge in [0.15, 0.2) is 0 Å². The number of carbonyl (C=O) groups is 2. The number of halogens is 3. The van der Waals surface area contributed by atoms with Crippen molar-refractivity contribution in [2.75, 3.05) is 26.2 Å². The van der Waals surface area contributed by atoms with Crippen molar-refractivity contribution in [1.29, 1.82) is 0 Å². The van der Waals surface area contributed by atoms with Gasteiger partial charge in [-0.1, -0.05) is 0 Å². The predicted octanol–water partition coefficient (Wildman–Crippen LogP) is 0.626. The van der Waals surface area contributed by atoms with Gasteiger partial charge in [0.05, 0.1) is 12.0 Å². The summed E-state index contributed by atoms with van der Waals surface area (Å²) in [6, 6.07) is 0. The van der Waals surface area contributed by atoms with Crippen LogP contribution < -0.4 is 0 Å². The maximum atomic E-state index is 12.3. The molecule has 2 aliphatic rings. The first-order valence-electron chi connectivity index (χ1n) is 6.98. The Labute approximate surface area is 120 Å². The fourth-order valence-electron chi connectivity index (χ4n) is 2.95. The quantitative estimate of drug-likeness (QED) is 0.832. The van der Waals surface area contributed by atoms with E-state index in [1.54, 1.807) is 11.8 Å². The monoisotopic (exact) mass is 308 g/mol. The molecule has 5 nitrogen and oxygen atoms in total. The molecule has 0 bridgehead atoms. The fraction of sp³-hybridized carbons (Fsp3) is 0.846. The van der Waals surface area contributed by atoms with E-state index >= 15 is 0 Å². The first-order valence-corrected chi connectivity index (χ1v) is 6.98. The molecule has 0 saturated carbocycles. The molecule has 8 heteroatoms. The van der Waals surface area contributed by atoms with E-state index in [1.807, 2.05) is 0 Å². The number of aliphatic hydroxyl groups excluding tert-OH is 1. The number of hydrogen-bond donors (Lipinski definition) is 1.